The van der Waals surface area contributed by atoms with Crippen LogP contribution in [0.5, 0.6) is 5.75 Å². The molecule has 0 spiro atoms. The van der Waals surface area contributed by atoms with Crippen molar-refractivity contribution in [3.05, 3.63) is 58.7 Å². The van der Waals surface area contributed by atoms with Crippen molar-refractivity contribution < 1.29 is 17.9 Å². The number of methoxy groups -OCH3 is 1. The van der Waals surface area contributed by atoms with Gasteiger partial charge in [-0.1, -0.05) is 18.2 Å². The molecule has 1 heterocycles. The molecule has 0 aliphatic rings. The first-order chi connectivity index (χ1) is 13.3. The molecule has 0 saturated carbocycles. The van der Waals surface area contributed by atoms with Crippen LogP contribution in [0.2, 0.25) is 0 Å². The van der Waals surface area contributed by atoms with Gasteiger partial charge in [0.1, 0.15) is 29.3 Å². The molecule has 28 heavy (non-hydrogen) atoms. The molecule has 8 heteroatoms. The van der Waals surface area contributed by atoms with Crippen LogP contribution in [0.25, 0.3) is 10.9 Å². The SMILES string of the molecule is COc1cc2c(NC(C)c3cccc(C(F)F)c3F)nc(C)nc2cc1C#N. The number of benzene rings is 2. The molecular formula is C20H17F3N4O. The summed E-state index contributed by atoms with van der Waals surface area (Å²) >= 11 is 0. The standard InChI is InChI=1S/C20H17F3N4O/c1-10(13-5-4-6-14(18(13)21)19(22)23)25-20-15-8-17(28-3)12(9-24)7-16(15)26-11(2)27-20/h4-8,10,19H,1-3H3,(H,25,26,27). The number of hydrogen-bond donors (Lipinski definition) is 1. The van der Waals surface area contributed by atoms with E-state index in [1.165, 1.54) is 19.2 Å². The molecule has 144 valence electrons. The van der Waals surface area contributed by atoms with E-state index in [4.69, 9.17) is 4.74 Å². The molecular weight excluding hydrogens is 369 g/mol. The molecule has 1 N–H and O–H groups in total. The predicted molar refractivity (Wildman–Crippen MR) is 98.9 cm³/mol. The molecule has 0 aliphatic carbocycles. The first-order valence-corrected chi connectivity index (χ1v) is 8.45. The summed E-state index contributed by atoms with van der Waals surface area (Å²) in [5.74, 6) is 0.235. The summed E-state index contributed by atoms with van der Waals surface area (Å²) in [6, 6.07) is 8.51. The number of alkyl halides is 2. The Hall–Kier alpha value is -3.34. The van der Waals surface area contributed by atoms with Gasteiger partial charge >= 0.3 is 0 Å². The Kier molecular flexibility index (Phi) is 5.36. The maximum atomic E-state index is 14.5. The number of rotatable bonds is 5. The zero-order valence-electron chi connectivity index (χ0n) is 15.4. The Morgan fingerprint density at radius 1 is 1.18 bits per heavy atom. The quantitative estimate of drug-likeness (QED) is 0.663. The molecule has 0 radical (unpaired) electrons. The Balaban J connectivity index is 2.07. The first kappa shape index (κ1) is 19.4. The van der Waals surface area contributed by atoms with Gasteiger partial charge in [0, 0.05) is 10.9 Å². The van der Waals surface area contributed by atoms with Gasteiger partial charge in [0.05, 0.1) is 29.8 Å². The van der Waals surface area contributed by atoms with Gasteiger partial charge in [-0.3, -0.25) is 0 Å². The molecule has 1 atom stereocenters. The molecule has 3 rings (SSSR count). The lowest BCUT2D eigenvalue weighted by molar-refractivity contribution is 0.146. The number of nitrogens with one attached hydrogen (secondary N) is 1. The van der Waals surface area contributed by atoms with E-state index in [2.05, 4.69) is 15.3 Å². The lowest BCUT2D eigenvalue weighted by atomic mass is 10.0. The number of aryl methyl sites for hydroxylation is 1. The molecule has 3 aromatic rings. The highest BCUT2D eigenvalue weighted by Gasteiger charge is 2.20. The van der Waals surface area contributed by atoms with Crippen molar-refractivity contribution in [2.45, 2.75) is 26.3 Å². The fourth-order valence-corrected chi connectivity index (χ4v) is 2.99. The number of nitrogens with zero attached hydrogens (tertiary/aromatic N) is 3. The number of anilines is 1. The third-order valence-corrected chi connectivity index (χ3v) is 4.36. The summed E-state index contributed by atoms with van der Waals surface area (Å²) in [5, 5.41) is 12.9. The van der Waals surface area contributed by atoms with Crippen molar-refractivity contribution in [2.75, 3.05) is 12.4 Å². The number of ether oxygens (including phenoxy) is 1. The predicted octanol–water partition coefficient (Wildman–Crippen LogP) is 5.07. The van der Waals surface area contributed by atoms with E-state index in [1.54, 1.807) is 26.0 Å². The minimum atomic E-state index is -2.90. The summed E-state index contributed by atoms with van der Waals surface area (Å²) in [6.07, 6.45) is -2.90. The average Bonchev–Trinajstić information content (AvgIpc) is 2.66. The van der Waals surface area contributed by atoms with Crippen LogP contribution in [0, 0.1) is 24.1 Å². The lowest BCUT2D eigenvalue weighted by Crippen LogP contribution is -2.12. The van der Waals surface area contributed by atoms with E-state index in [0.717, 1.165) is 6.07 Å². The van der Waals surface area contributed by atoms with Crippen LogP contribution in [0.1, 0.15) is 41.9 Å². The zero-order valence-corrected chi connectivity index (χ0v) is 15.4. The van der Waals surface area contributed by atoms with Gasteiger partial charge in [0.2, 0.25) is 0 Å². The second-order valence-electron chi connectivity index (χ2n) is 6.22. The van der Waals surface area contributed by atoms with Crippen LogP contribution in [0.4, 0.5) is 19.0 Å². The van der Waals surface area contributed by atoms with E-state index in [1.807, 2.05) is 6.07 Å². The average molecular weight is 386 g/mol. The smallest absolute Gasteiger partial charge is 0.266 e. The van der Waals surface area contributed by atoms with Gasteiger partial charge in [0.25, 0.3) is 6.43 Å². The fourth-order valence-electron chi connectivity index (χ4n) is 2.99. The number of halogens is 3. The number of nitriles is 1. The molecule has 5 nitrogen and oxygen atoms in total. The largest absolute Gasteiger partial charge is 0.495 e. The van der Waals surface area contributed by atoms with Crippen molar-refractivity contribution in [2.24, 2.45) is 0 Å². The fraction of sp³-hybridized carbons (Fsp3) is 0.250. The van der Waals surface area contributed by atoms with Gasteiger partial charge in [-0.25, -0.2) is 23.1 Å². The summed E-state index contributed by atoms with van der Waals surface area (Å²) in [7, 11) is 1.44. The maximum Gasteiger partial charge on any atom is 0.266 e. The molecule has 0 bridgehead atoms. The maximum absolute atomic E-state index is 14.5. The third kappa shape index (κ3) is 3.56. The Labute approximate surface area is 159 Å². The highest BCUT2D eigenvalue weighted by molar-refractivity contribution is 5.91. The number of aromatic nitrogens is 2. The highest BCUT2D eigenvalue weighted by Crippen LogP contribution is 2.32. The normalized spacial score (nSPS) is 12.1. The van der Waals surface area contributed by atoms with Crippen LogP contribution in [0.3, 0.4) is 0 Å². The van der Waals surface area contributed by atoms with Crippen molar-refractivity contribution in [1.29, 1.82) is 5.26 Å². The topological polar surface area (TPSA) is 70.8 Å². The molecule has 0 aliphatic heterocycles. The van der Waals surface area contributed by atoms with Crippen molar-refractivity contribution in [3.8, 4) is 11.8 Å². The van der Waals surface area contributed by atoms with Gasteiger partial charge in [-0.2, -0.15) is 5.26 Å². The second-order valence-corrected chi connectivity index (χ2v) is 6.22. The second kappa shape index (κ2) is 7.72. The van der Waals surface area contributed by atoms with Crippen molar-refractivity contribution >= 4 is 16.7 Å². The van der Waals surface area contributed by atoms with Gasteiger partial charge < -0.3 is 10.1 Å². The first-order valence-electron chi connectivity index (χ1n) is 8.45. The molecule has 0 fully saturated rings. The highest BCUT2D eigenvalue weighted by atomic mass is 19.3. The van der Waals surface area contributed by atoms with Gasteiger partial charge in [-0.05, 0) is 26.0 Å². The van der Waals surface area contributed by atoms with E-state index in [9.17, 15) is 18.4 Å². The minimum absolute atomic E-state index is 0.0998. The summed E-state index contributed by atoms with van der Waals surface area (Å²) in [6.45, 7) is 3.33. The molecule has 1 unspecified atom stereocenters. The minimum Gasteiger partial charge on any atom is -0.495 e. The van der Waals surface area contributed by atoms with Crippen LogP contribution in [-0.2, 0) is 0 Å². The Morgan fingerprint density at radius 2 is 1.89 bits per heavy atom. The van der Waals surface area contributed by atoms with E-state index >= 15 is 0 Å². The molecule has 1 aromatic heterocycles. The van der Waals surface area contributed by atoms with E-state index in [0.29, 0.717) is 33.9 Å². The van der Waals surface area contributed by atoms with Gasteiger partial charge in [0.15, 0.2) is 0 Å². The number of hydrogen-bond acceptors (Lipinski definition) is 5. The summed E-state index contributed by atoms with van der Waals surface area (Å²) in [5.41, 5.74) is 0.294. The Morgan fingerprint density at radius 3 is 2.54 bits per heavy atom. The van der Waals surface area contributed by atoms with Crippen molar-refractivity contribution in [3.63, 3.8) is 0 Å². The lowest BCUT2D eigenvalue weighted by Gasteiger charge is -2.19. The summed E-state index contributed by atoms with van der Waals surface area (Å²) in [4.78, 5) is 8.68. The van der Waals surface area contributed by atoms with E-state index in [-0.39, 0.29) is 5.56 Å². The van der Waals surface area contributed by atoms with Crippen LogP contribution in [-0.4, -0.2) is 17.1 Å². The molecule has 0 amide bonds. The summed E-state index contributed by atoms with van der Waals surface area (Å²) < 4.78 is 45.7. The monoisotopic (exact) mass is 386 g/mol. The van der Waals surface area contributed by atoms with E-state index < -0.39 is 23.8 Å². The van der Waals surface area contributed by atoms with Gasteiger partial charge in [-0.15, -0.1) is 0 Å². The van der Waals surface area contributed by atoms with Crippen LogP contribution in [0.15, 0.2) is 30.3 Å². The molecule has 2 aromatic carbocycles. The van der Waals surface area contributed by atoms with Crippen LogP contribution < -0.4 is 10.1 Å². The number of fused-ring (bicyclic) bond motifs is 1. The van der Waals surface area contributed by atoms with Crippen LogP contribution >= 0.6 is 0 Å². The zero-order chi connectivity index (χ0) is 20.4. The third-order valence-electron chi connectivity index (χ3n) is 4.36. The molecule has 0 saturated heterocycles. The Bertz CT molecular complexity index is 1080. The van der Waals surface area contributed by atoms with Crippen molar-refractivity contribution in [1.82, 2.24) is 9.97 Å².